The summed E-state index contributed by atoms with van der Waals surface area (Å²) in [5.74, 6) is 0.814. The van der Waals surface area contributed by atoms with Crippen molar-refractivity contribution in [1.82, 2.24) is 5.32 Å². The number of amides is 1. The third-order valence-electron chi connectivity index (χ3n) is 3.71. The van der Waals surface area contributed by atoms with Crippen LogP contribution in [0.2, 0.25) is 0 Å². The summed E-state index contributed by atoms with van der Waals surface area (Å²) >= 11 is 0. The van der Waals surface area contributed by atoms with Gasteiger partial charge in [0.2, 0.25) is 5.91 Å². The Labute approximate surface area is 112 Å². The van der Waals surface area contributed by atoms with Gasteiger partial charge in [-0.05, 0) is 32.0 Å². The van der Waals surface area contributed by atoms with E-state index < -0.39 is 0 Å². The van der Waals surface area contributed by atoms with Crippen molar-refractivity contribution in [3.8, 4) is 5.75 Å². The number of carbonyl (C=O) groups excluding carboxylic acids is 1. The van der Waals surface area contributed by atoms with Crippen LogP contribution in [0.4, 0.5) is 11.4 Å². The molecule has 0 bridgehead atoms. The van der Waals surface area contributed by atoms with E-state index in [-0.39, 0.29) is 11.6 Å². The minimum absolute atomic E-state index is 0.0629. The molecule has 1 saturated heterocycles. The molecule has 5 nitrogen and oxygen atoms in total. The molecular formula is C14H19N3O2. The van der Waals surface area contributed by atoms with Crippen molar-refractivity contribution in [2.24, 2.45) is 0 Å². The predicted molar refractivity (Wildman–Crippen MR) is 74.6 cm³/mol. The van der Waals surface area contributed by atoms with Crippen LogP contribution in [0.15, 0.2) is 18.2 Å². The van der Waals surface area contributed by atoms with Crippen LogP contribution in [-0.2, 0) is 4.79 Å². The van der Waals surface area contributed by atoms with E-state index in [0.717, 1.165) is 23.7 Å². The highest BCUT2D eigenvalue weighted by Gasteiger charge is 2.42. The Morgan fingerprint density at radius 1 is 1.53 bits per heavy atom. The second-order valence-corrected chi connectivity index (χ2v) is 5.64. The summed E-state index contributed by atoms with van der Waals surface area (Å²) in [4.78, 5) is 13.5. The number of fused-ring (bicyclic) bond motifs is 3. The van der Waals surface area contributed by atoms with Crippen molar-refractivity contribution >= 4 is 17.3 Å². The highest BCUT2D eigenvalue weighted by molar-refractivity contribution is 5.89. The highest BCUT2D eigenvalue weighted by Crippen LogP contribution is 2.41. The lowest BCUT2D eigenvalue weighted by atomic mass is 10.1. The molecule has 0 radical (unpaired) electrons. The Balaban J connectivity index is 2.01. The summed E-state index contributed by atoms with van der Waals surface area (Å²) in [5, 5.41) is 6.32. The number of carbonyl (C=O) groups is 1. The minimum Gasteiger partial charge on any atom is -0.489 e. The van der Waals surface area contributed by atoms with Gasteiger partial charge in [-0.25, -0.2) is 0 Å². The SMILES string of the molecule is CC(=O)Nc1ccc2c(c1)N1C(CNC1(C)C)CO2. The maximum Gasteiger partial charge on any atom is 0.221 e. The smallest absolute Gasteiger partial charge is 0.221 e. The molecule has 2 N–H and O–H groups in total. The lowest BCUT2D eigenvalue weighted by molar-refractivity contribution is -0.114. The van der Waals surface area contributed by atoms with Crippen LogP contribution in [0.25, 0.3) is 0 Å². The van der Waals surface area contributed by atoms with E-state index in [1.165, 1.54) is 6.92 Å². The summed E-state index contributed by atoms with van der Waals surface area (Å²) in [6.45, 7) is 7.44. The van der Waals surface area contributed by atoms with Gasteiger partial charge in [0, 0.05) is 19.2 Å². The molecule has 0 saturated carbocycles. The normalized spacial score (nSPS) is 23.3. The first-order valence-corrected chi connectivity index (χ1v) is 6.56. The summed E-state index contributed by atoms with van der Waals surface area (Å²) in [6.07, 6.45) is 0. The van der Waals surface area contributed by atoms with E-state index in [0.29, 0.717) is 12.6 Å². The molecule has 1 aromatic carbocycles. The van der Waals surface area contributed by atoms with Gasteiger partial charge in [0.05, 0.1) is 17.4 Å². The molecule has 1 amide bonds. The molecule has 3 rings (SSSR count). The maximum atomic E-state index is 11.2. The third kappa shape index (κ3) is 2.04. The van der Waals surface area contributed by atoms with E-state index in [1.54, 1.807) is 0 Å². The van der Waals surface area contributed by atoms with E-state index in [9.17, 15) is 4.79 Å². The second kappa shape index (κ2) is 4.13. The zero-order chi connectivity index (χ0) is 13.6. The van der Waals surface area contributed by atoms with Gasteiger partial charge in [0.15, 0.2) is 0 Å². The molecule has 0 spiro atoms. The number of rotatable bonds is 1. The molecule has 1 atom stereocenters. The molecular weight excluding hydrogens is 242 g/mol. The third-order valence-corrected chi connectivity index (χ3v) is 3.71. The van der Waals surface area contributed by atoms with Crippen molar-refractivity contribution < 1.29 is 9.53 Å². The van der Waals surface area contributed by atoms with E-state index in [2.05, 4.69) is 29.4 Å². The van der Waals surface area contributed by atoms with Gasteiger partial charge in [-0.15, -0.1) is 0 Å². The van der Waals surface area contributed by atoms with Crippen molar-refractivity contribution in [2.75, 3.05) is 23.4 Å². The predicted octanol–water partition coefficient (Wildman–Crippen LogP) is 1.55. The number of ether oxygens (including phenoxy) is 1. The zero-order valence-electron chi connectivity index (χ0n) is 11.5. The van der Waals surface area contributed by atoms with E-state index in [4.69, 9.17) is 4.74 Å². The van der Waals surface area contributed by atoms with Crippen LogP contribution in [0.5, 0.6) is 5.75 Å². The van der Waals surface area contributed by atoms with Gasteiger partial charge in [-0.3, -0.25) is 10.1 Å². The molecule has 0 aromatic heterocycles. The van der Waals surface area contributed by atoms with Crippen LogP contribution in [0, 0.1) is 0 Å². The lowest BCUT2D eigenvalue weighted by Gasteiger charge is -2.41. The van der Waals surface area contributed by atoms with Gasteiger partial charge in [0.1, 0.15) is 12.4 Å². The van der Waals surface area contributed by atoms with Gasteiger partial charge in [0.25, 0.3) is 0 Å². The van der Waals surface area contributed by atoms with Gasteiger partial charge >= 0.3 is 0 Å². The van der Waals surface area contributed by atoms with Crippen molar-refractivity contribution in [3.05, 3.63) is 18.2 Å². The number of hydrogen-bond acceptors (Lipinski definition) is 4. The number of nitrogens with one attached hydrogen (secondary N) is 2. The molecule has 1 unspecified atom stereocenters. The Hall–Kier alpha value is -1.75. The highest BCUT2D eigenvalue weighted by atomic mass is 16.5. The first-order chi connectivity index (χ1) is 8.97. The molecule has 0 aliphatic carbocycles. The van der Waals surface area contributed by atoms with E-state index in [1.807, 2.05) is 18.2 Å². The minimum atomic E-state index is -0.0992. The van der Waals surface area contributed by atoms with Crippen LogP contribution >= 0.6 is 0 Å². The fourth-order valence-electron chi connectivity index (χ4n) is 2.93. The molecule has 2 aliphatic heterocycles. The summed E-state index contributed by atoms with van der Waals surface area (Å²) in [6, 6.07) is 6.12. The quantitative estimate of drug-likeness (QED) is 0.805. The van der Waals surface area contributed by atoms with Crippen LogP contribution in [0.3, 0.4) is 0 Å². The van der Waals surface area contributed by atoms with Crippen molar-refractivity contribution in [1.29, 1.82) is 0 Å². The van der Waals surface area contributed by atoms with Crippen molar-refractivity contribution in [3.63, 3.8) is 0 Å². The molecule has 102 valence electrons. The summed E-state index contributed by atoms with van der Waals surface area (Å²) in [7, 11) is 0. The summed E-state index contributed by atoms with van der Waals surface area (Å²) < 4.78 is 5.80. The first kappa shape index (κ1) is 12.3. The van der Waals surface area contributed by atoms with E-state index >= 15 is 0 Å². The zero-order valence-corrected chi connectivity index (χ0v) is 11.5. The molecule has 5 heteroatoms. The summed E-state index contributed by atoms with van der Waals surface area (Å²) in [5.41, 5.74) is 1.74. The molecule has 1 aromatic rings. The number of anilines is 2. The molecule has 19 heavy (non-hydrogen) atoms. The Bertz CT molecular complexity index is 527. The topological polar surface area (TPSA) is 53.6 Å². The van der Waals surface area contributed by atoms with Crippen molar-refractivity contribution in [2.45, 2.75) is 32.5 Å². The van der Waals surface area contributed by atoms with Crippen LogP contribution in [0.1, 0.15) is 20.8 Å². The van der Waals surface area contributed by atoms with Crippen LogP contribution < -0.4 is 20.3 Å². The molecule has 2 heterocycles. The monoisotopic (exact) mass is 261 g/mol. The second-order valence-electron chi connectivity index (χ2n) is 5.64. The Morgan fingerprint density at radius 3 is 3.05 bits per heavy atom. The number of benzene rings is 1. The lowest BCUT2D eigenvalue weighted by Crippen LogP contribution is -2.51. The van der Waals surface area contributed by atoms with Gasteiger partial charge in [-0.2, -0.15) is 0 Å². The average Bonchev–Trinajstić information content (AvgIpc) is 2.65. The largest absolute Gasteiger partial charge is 0.489 e. The fourth-order valence-corrected chi connectivity index (χ4v) is 2.93. The number of nitrogens with zero attached hydrogens (tertiary/aromatic N) is 1. The standard InChI is InChI=1S/C14H19N3O2/c1-9(18)16-10-4-5-13-12(6-10)17-11(8-19-13)7-15-14(17,2)3/h4-6,11,15H,7-8H2,1-3H3,(H,16,18). The first-order valence-electron chi connectivity index (χ1n) is 6.56. The fraction of sp³-hybridized carbons (Fsp3) is 0.500. The van der Waals surface area contributed by atoms with Gasteiger partial charge in [-0.1, -0.05) is 0 Å². The maximum absolute atomic E-state index is 11.2. The average molecular weight is 261 g/mol. The van der Waals surface area contributed by atoms with Gasteiger partial charge < -0.3 is 15.0 Å². The van der Waals surface area contributed by atoms with Crippen LogP contribution in [-0.4, -0.2) is 30.8 Å². The molecule has 1 fully saturated rings. The Kier molecular flexibility index (Phi) is 2.67. The number of hydrogen-bond donors (Lipinski definition) is 2. The molecule has 2 aliphatic rings. The Morgan fingerprint density at radius 2 is 2.32 bits per heavy atom.